The van der Waals surface area contributed by atoms with Crippen LogP contribution in [0.15, 0.2) is 79.3 Å². The van der Waals surface area contributed by atoms with Crippen LogP contribution in [0.5, 0.6) is 11.5 Å². The molecule has 1 saturated heterocycles. The summed E-state index contributed by atoms with van der Waals surface area (Å²) in [5, 5.41) is 16.5. The van der Waals surface area contributed by atoms with Crippen LogP contribution in [0, 0.1) is 0 Å². The molecular weight excluding hydrogens is 462 g/mol. The van der Waals surface area contributed by atoms with E-state index >= 15 is 0 Å². The number of ether oxygens (including phenoxy) is 1. The van der Waals surface area contributed by atoms with Crippen LogP contribution in [0.4, 0.5) is 11.5 Å². The van der Waals surface area contributed by atoms with Crippen LogP contribution in [-0.2, 0) is 0 Å². The molecule has 180 valence electrons. The number of nitrogens with one attached hydrogen (secondary N) is 2. The Morgan fingerprint density at radius 1 is 0.730 bits per heavy atom. The maximum Gasteiger partial charge on any atom is 0.177 e. The van der Waals surface area contributed by atoms with Crippen molar-refractivity contribution in [1.29, 1.82) is 0 Å². The topological polar surface area (TPSA) is 86.0 Å². The van der Waals surface area contributed by atoms with Gasteiger partial charge in [0.15, 0.2) is 17.3 Å². The molecule has 0 spiro atoms. The number of hydrogen-bond acceptors (Lipinski definition) is 6. The summed E-state index contributed by atoms with van der Waals surface area (Å²) in [7, 11) is 2.15. The summed E-state index contributed by atoms with van der Waals surface area (Å²) < 4.78 is 6.57. The van der Waals surface area contributed by atoms with E-state index in [1.54, 1.807) is 0 Å². The molecule has 0 aliphatic carbocycles. The maximum atomic E-state index is 6.57. The van der Waals surface area contributed by atoms with Gasteiger partial charge in [0.2, 0.25) is 0 Å². The van der Waals surface area contributed by atoms with Gasteiger partial charge in [-0.25, -0.2) is 4.98 Å². The molecule has 3 aromatic heterocycles. The lowest BCUT2D eigenvalue weighted by molar-refractivity contribution is 0.189. The molecule has 37 heavy (non-hydrogen) atoms. The average molecular weight is 486 g/mol. The van der Waals surface area contributed by atoms with E-state index in [2.05, 4.69) is 91.8 Å². The minimum atomic E-state index is 0.347. The van der Waals surface area contributed by atoms with Gasteiger partial charge >= 0.3 is 0 Å². The molecule has 2 aliphatic heterocycles. The van der Waals surface area contributed by atoms with Gasteiger partial charge in [0.05, 0.1) is 35.2 Å². The first-order valence-corrected chi connectivity index (χ1v) is 12.4. The fraction of sp³-hybridized carbons (Fsp3) is 0.138. The lowest BCUT2D eigenvalue weighted by Crippen LogP contribution is -2.57. The minimum absolute atomic E-state index is 0.347. The number of likely N-dealkylation sites (N-methyl/N-ethyl adjacent to an activating group) is 1. The van der Waals surface area contributed by atoms with Crippen LogP contribution in [-0.4, -0.2) is 56.5 Å². The normalized spacial score (nSPS) is 15.4. The molecule has 6 aromatic rings. The number of likely N-dealkylation sites (tertiary alicyclic amines) is 1. The van der Waals surface area contributed by atoms with Gasteiger partial charge in [-0.1, -0.05) is 18.2 Å². The molecule has 2 N–H and O–H groups in total. The zero-order valence-electron chi connectivity index (χ0n) is 20.1. The summed E-state index contributed by atoms with van der Waals surface area (Å²) in [6.07, 6.45) is 5.64. The number of rotatable bonds is 3. The van der Waals surface area contributed by atoms with Gasteiger partial charge in [-0.2, -0.15) is 10.2 Å². The van der Waals surface area contributed by atoms with Crippen molar-refractivity contribution in [2.75, 3.05) is 25.0 Å². The van der Waals surface area contributed by atoms with E-state index in [9.17, 15) is 0 Å². The van der Waals surface area contributed by atoms with Crippen LogP contribution < -0.4 is 9.64 Å². The molecule has 0 amide bonds. The lowest BCUT2D eigenvalue weighted by Gasteiger charge is -2.46. The fourth-order valence-corrected chi connectivity index (χ4v) is 5.50. The van der Waals surface area contributed by atoms with Crippen molar-refractivity contribution in [2.24, 2.45) is 0 Å². The van der Waals surface area contributed by atoms with E-state index in [-0.39, 0.29) is 0 Å². The molecule has 0 unspecified atom stereocenters. The molecular formula is C29H23N7O. The Labute approximate surface area is 212 Å². The second-order valence-corrected chi connectivity index (χ2v) is 9.92. The number of anilines is 2. The van der Waals surface area contributed by atoms with Crippen molar-refractivity contribution in [3.8, 4) is 33.8 Å². The highest BCUT2D eigenvalue weighted by Crippen LogP contribution is 2.49. The van der Waals surface area contributed by atoms with E-state index in [0.29, 0.717) is 6.04 Å². The average Bonchev–Trinajstić information content (AvgIpc) is 3.58. The van der Waals surface area contributed by atoms with Crippen molar-refractivity contribution in [2.45, 2.75) is 6.04 Å². The summed E-state index contributed by atoms with van der Waals surface area (Å²) >= 11 is 0. The Morgan fingerprint density at radius 2 is 1.35 bits per heavy atom. The smallest absolute Gasteiger partial charge is 0.177 e. The van der Waals surface area contributed by atoms with Gasteiger partial charge < -0.3 is 14.5 Å². The SMILES string of the molecule is CN1CC(N2c3ccc(-c4ccc5[nH]ncc5c4)cc3Oc3cc(-c4ccc5[nH]ncc5c4)cnc32)C1. The minimum Gasteiger partial charge on any atom is -0.451 e. The molecule has 8 rings (SSSR count). The van der Waals surface area contributed by atoms with E-state index in [1.165, 1.54) is 0 Å². The third-order valence-electron chi connectivity index (χ3n) is 7.46. The van der Waals surface area contributed by atoms with Gasteiger partial charge in [-0.3, -0.25) is 10.2 Å². The van der Waals surface area contributed by atoms with Gasteiger partial charge in [0.1, 0.15) is 0 Å². The largest absolute Gasteiger partial charge is 0.451 e. The summed E-state index contributed by atoms with van der Waals surface area (Å²) in [4.78, 5) is 9.60. The monoisotopic (exact) mass is 485 g/mol. The molecule has 2 aliphatic rings. The highest BCUT2D eigenvalue weighted by Gasteiger charge is 2.37. The third kappa shape index (κ3) is 3.23. The standard InChI is InChI=1S/C29H23N7O/c1-35-15-23(16-35)36-26-7-4-19(17-2-5-24-21(8-17)13-31-33-24)10-27(26)37-28-11-20(12-30-29(28)36)18-3-6-25-22(9-18)14-32-34-25/h2-14,23H,15-16H2,1H3,(H,31,33)(H,32,34). The first kappa shape index (κ1) is 20.5. The summed E-state index contributed by atoms with van der Waals surface area (Å²) in [5.41, 5.74) is 7.42. The number of fused-ring (bicyclic) bond motifs is 4. The van der Waals surface area contributed by atoms with Crippen molar-refractivity contribution in [1.82, 2.24) is 30.3 Å². The number of pyridine rings is 1. The zero-order chi connectivity index (χ0) is 24.5. The van der Waals surface area contributed by atoms with Crippen LogP contribution in [0.1, 0.15) is 0 Å². The summed E-state index contributed by atoms with van der Waals surface area (Å²) in [5.74, 6) is 2.48. The van der Waals surface area contributed by atoms with Crippen LogP contribution in [0.3, 0.4) is 0 Å². The van der Waals surface area contributed by atoms with Gasteiger partial charge in [-0.05, 0) is 66.2 Å². The lowest BCUT2D eigenvalue weighted by atomic mass is 10.00. The Balaban J connectivity index is 1.23. The van der Waals surface area contributed by atoms with E-state index in [4.69, 9.17) is 9.72 Å². The van der Waals surface area contributed by atoms with Crippen LogP contribution in [0.25, 0.3) is 44.1 Å². The summed E-state index contributed by atoms with van der Waals surface area (Å²) in [6.45, 7) is 1.97. The highest BCUT2D eigenvalue weighted by atomic mass is 16.5. The Bertz CT molecular complexity index is 1690. The van der Waals surface area contributed by atoms with Crippen molar-refractivity contribution < 1.29 is 4.74 Å². The van der Waals surface area contributed by atoms with Crippen molar-refractivity contribution >= 4 is 33.3 Å². The predicted molar refractivity (Wildman–Crippen MR) is 144 cm³/mol. The zero-order valence-corrected chi connectivity index (χ0v) is 20.1. The highest BCUT2D eigenvalue weighted by molar-refractivity contribution is 5.88. The van der Waals surface area contributed by atoms with Crippen molar-refractivity contribution in [3.63, 3.8) is 0 Å². The first-order chi connectivity index (χ1) is 18.2. The summed E-state index contributed by atoms with van der Waals surface area (Å²) in [6, 6.07) is 21.5. The second kappa shape index (κ2) is 7.65. The Morgan fingerprint density at radius 3 is 2.05 bits per heavy atom. The predicted octanol–water partition coefficient (Wildman–Crippen LogP) is 5.73. The Kier molecular flexibility index (Phi) is 4.24. The molecule has 0 bridgehead atoms. The molecule has 0 atom stereocenters. The number of aromatic nitrogens is 5. The fourth-order valence-electron chi connectivity index (χ4n) is 5.50. The number of nitrogens with zero attached hydrogens (tertiary/aromatic N) is 5. The molecule has 5 heterocycles. The maximum absolute atomic E-state index is 6.57. The molecule has 1 fully saturated rings. The van der Waals surface area contributed by atoms with E-state index in [1.807, 2.05) is 24.7 Å². The molecule has 0 saturated carbocycles. The van der Waals surface area contributed by atoms with Crippen LogP contribution >= 0.6 is 0 Å². The van der Waals surface area contributed by atoms with E-state index < -0.39 is 0 Å². The number of hydrogen-bond donors (Lipinski definition) is 2. The number of H-pyrrole nitrogens is 2. The number of aromatic amines is 2. The Hall–Kier alpha value is -4.69. The molecule has 8 nitrogen and oxygen atoms in total. The molecule has 8 heteroatoms. The van der Waals surface area contributed by atoms with Gasteiger partial charge in [0.25, 0.3) is 0 Å². The molecule has 3 aromatic carbocycles. The quantitative estimate of drug-likeness (QED) is 0.333. The first-order valence-electron chi connectivity index (χ1n) is 12.4. The third-order valence-corrected chi connectivity index (χ3v) is 7.46. The second-order valence-electron chi connectivity index (χ2n) is 9.92. The molecule has 0 radical (unpaired) electrons. The number of benzene rings is 3. The van der Waals surface area contributed by atoms with Gasteiger partial charge in [0, 0.05) is 35.6 Å². The van der Waals surface area contributed by atoms with E-state index in [0.717, 1.165) is 80.2 Å². The van der Waals surface area contributed by atoms with Gasteiger partial charge in [-0.15, -0.1) is 0 Å². The van der Waals surface area contributed by atoms with Crippen LogP contribution in [0.2, 0.25) is 0 Å². The van der Waals surface area contributed by atoms with Crippen molar-refractivity contribution in [3.05, 3.63) is 79.3 Å².